The Morgan fingerprint density at radius 3 is 2.33 bits per heavy atom. The second-order valence-electron chi connectivity index (χ2n) is 5.56. The van der Waals surface area contributed by atoms with E-state index < -0.39 is 24.8 Å². The molecule has 1 rings (SSSR count). The first-order valence-corrected chi connectivity index (χ1v) is 8.04. The topological polar surface area (TPSA) is 88.4 Å². The minimum absolute atomic E-state index is 0.0655. The summed E-state index contributed by atoms with van der Waals surface area (Å²) in [6, 6.07) is 0. The van der Waals surface area contributed by atoms with E-state index in [2.05, 4.69) is 6.92 Å². The monoisotopic (exact) mass is 306 g/mol. The van der Waals surface area contributed by atoms with Gasteiger partial charge in [-0.15, -0.1) is 0 Å². The zero-order chi connectivity index (χ0) is 15.5. The lowest BCUT2D eigenvalue weighted by molar-refractivity contribution is -0.318. The number of unbranched alkanes of at least 4 members (excludes halogenated alkanes) is 6. The molecule has 1 heterocycles. The van der Waals surface area contributed by atoms with Gasteiger partial charge >= 0.3 is 0 Å². The first-order valence-electron chi connectivity index (χ1n) is 8.04. The van der Waals surface area contributed by atoms with Crippen LogP contribution in [-0.4, -0.2) is 53.5 Å². The first kappa shape index (κ1) is 18.8. The maximum absolute atomic E-state index is 9.47. The number of aliphatic hydroxyl groups excluding tert-OH is 3. The third kappa shape index (κ3) is 8.09. The van der Waals surface area contributed by atoms with E-state index >= 15 is 0 Å². The molecule has 0 aromatic heterocycles. The predicted octanol–water partition coefficient (Wildman–Crippen LogP) is 1.51. The molecule has 6 nitrogen and oxygen atoms in total. The molecule has 0 saturated carbocycles. The lowest BCUT2D eigenvalue weighted by atomic mass is 10.1. The highest BCUT2D eigenvalue weighted by Gasteiger charge is 2.35. The summed E-state index contributed by atoms with van der Waals surface area (Å²) in [5.41, 5.74) is 0. The average molecular weight is 306 g/mol. The predicted molar refractivity (Wildman–Crippen MR) is 77.4 cm³/mol. The molecule has 1 saturated heterocycles. The fraction of sp³-hybridized carbons (Fsp3) is 1.00. The highest BCUT2D eigenvalue weighted by atomic mass is 16.8. The lowest BCUT2D eigenvalue weighted by Gasteiger charge is -2.33. The van der Waals surface area contributed by atoms with E-state index in [1.165, 1.54) is 32.1 Å². The molecule has 0 aliphatic carbocycles. The van der Waals surface area contributed by atoms with Crippen LogP contribution in [0, 0.1) is 0 Å². The molecular formula is C15H30O6. The molecule has 0 aromatic carbocycles. The number of rotatable bonds is 11. The first-order chi connectivity index (χ1) is 10.1. The SMILES string of the molecule is CCCCCCCCCOCOC1C[C@H](O)[C@@H](O)C(O)O1. The Morgan fingerprint density at radius 2 is 1.67 bits per heavy atom. The van der Waals surface area contributed by atoms with Crippen LogP contribution in [0.3, 0.4) is 0 Å². The summed E-state index contributed by atoms with van der Waals surface area (Å²) in [5, 5.41) is 28.1. The number of ether oxygens (including phenoxy) is 3. The molecule has 1 fully saturated rings. The van der Waals surface area contributed by atoms with Crippen LogP contribution in [-0.2, 0) is 14.2 Å². The summed E-state index contributed by atoms with van der Waals surface area (Å²) in [6.07, 6.45) is 4.25. The summed E-state index contributed by atoms with van der Waals surface area (Å²) in [6.45, 7) is 2.91. The van der Waals surface area contributed by atoms with E-state index in [-0.39, 0.29) is 13.2 Å². The van der Waals surface area contributed by atoms with Gasteiger partial charge < -0.3 is 29.5 Å². The minimum Gasteiger partial charge on any atom is -0.390 e. The highest BCUT2D eigenvalue weighted by Crippen LogP contribution is 2.19. The second-order valence-corrected chi connectivity index (χ2v) is 5.56. The van der Waals surface area contributed by atoms with Crippen molar-refractivity contribution in [3.63, 3.8) is 0 Å². The molecule has 0 spiro atoms. The van der Waals surface area contributed by atoms with E-state index in [1.54, 1.807) is 0 Å². The maximum atomic E-state index is 9.47. The molecule has 0 amide bonds. The van der Waals surface area contributed by atoms with E-state index in [9.17, 15) is 15.3 Å². The Bertz CT molecular complexity index is 238. The van der Waals surface area contributed by atoms with Gasteiger partial charge in [0.25, 0.3) is 0 Å². The van der Waals surface area contributed by atoms with Crippen LogP contribution < -0.4 is 0 Å². The molecule has 2 unspecified atom stereocenters. The molecule has 0 bridgehead atoms. The molecule has 0 aromatic rings. The number of hydrogen-bond donors (Lipinski definition) is 3. The summed E-state index contributed by atoms with van der Waals surface area (Å²) in [7, 11) is 0. The number of aliphatic hydroxyl groups is 3. The van der Waals surface area contributed by atoms with Gasteiger partial charge in [-0.3, -0.25) is 0 Å². The van der Waals surface area contributed by atoms with Gasteiger partial charge in [-0.2, -0.15) is 0 Å². The zero-order valence-corrected chi connectivity index (χ0v) is 12.9. The van der Waals surface area contributed by atoms with Gasteiger partial charge in [-0.1, -0.05) is 45.4 Å². The van der Waals surface area contributed by atoms with Gasteiger partial charge in [-0.05, 0) is 6.42 Å². The summed E-state index contributed by atoms with van der Waals surface area (Å²) >= 11 is 0. The van der Waals surface area contributed by atoms with Crippen molar-refractivity contribution in [2.24, 2.45) is 0 Å². The van der Waals surface area contributed by atoms with Crippen molar-refractivity contribution >= 4 is 0 Å². The van der Waals surface area contributed by atoms with Crippen LogP contribution in [0.2, 0.25) is 0 Å². The van der Waals surface area contributed by atoms with E-state index in [1.807, 2.05) is 0 Å². The van der Waals surface area contributed by atoms with E-state index in [0.29, 0.717) is 6.61 Å². The van der Waals surface area contributed by atoms with Crippen molar-refractivity contribution in [1.29, 1.82) is 0 Å². The fourth-order valence-electron chi connectivity index (χ4n) is 2.27. The van der Waals surface area contributed by atoms with Crippen molar-refractivity contribution in [1.82, 2.24) is 0 Å². The van der Waals surface area contributed by atoms with Gasteiger partial charge in [0.05, 0.1) is 6.10 Å². The average Bonchev–Trinajstić information content (AvgIpc) is 2.46. The van der Waals surface area contributed by atoms with Gasteiger partial charge in [-0.25, -0.2) is 0 Å². The van der Waals surface area contributed by atoms with Crippen LogP contribution in [0.4, 0.5) is 0 Å². The van der Waals surface area contributed by atoms with Crippen LogP contribution in [0.25, 0.3) is 0 Å². The van der Waals surface area contributed by atoms with Crippen molar-refractivity contribution in [3.05, 3.63) is 0 Å². The van der Waals surface area contributed by atoms with Crippen molar-refractivity contribution in [2.45, 2.75) is 83.1 Å². The third-order valence-corrected chi connectivity index (χ3v) is 3.64. The van der Waals surface area contributed by atoms with Crippen LogP contribution in [0.15, 0.2) is 0 Å². The van der Waals surface area contributed by atoms with Crippen LogP contribution in [0.1, 0.15) is 58.3 Å². The molecule has 6 heteroatoms. The molecule has 4 atom stereocenters. The number of hydrogen-bond acceptors (Lipinski definition) is 6. The molecule has 0 radical (unpaired) electrons. The molecule has 126 valence electrons. The lowest BCUT2D eigenvalue weighted by Crippen LogP contribution is -2.48. The van der Waals surface area contributed by atoms with Crippen LogP contribution >= 0.6 is 0 Å². The zero-order valence-electron chi connectivity index (χ0n) is 12.9. The van der Waals surface area contributed by atoms with Gasteiger partial charge in [0, 0.05) is 13.0 Å². The van der Waals surface area contributed by atoms with Crippen molar-refractivity contribution < 1.29 is 29.5 Å². The fourth-order valence-corrected chi connectivity index (χ4v) is 2.27. The Kier molecular flexibility index (Phi) is 10.2. The normalized spacial score (nSPS) is 29.7. The Balaban J connectivity index is 1.90. The maximum Gasteiger partial charge on any atom is 0.186 e. The standard InChI is InChI=1S/C15H30O6/c1-2-3-4-5-6-7-8-9-19-11-20-13-10-12(16)14(17)15(18)21-13/h12-18H,2-11H2,1H3/t12-,13?,14+,15?/m0/s1. The largest absolute Gasteiger partial charge is 0.390 e. The highest BCUT2D eigenvalue weighted by molar-refractivity contribution is 4.76. The molecular weight excluding hydrogens is 276 g/mol. The van der Waals surface area contributed by atoms with Crippen LogP contribution in [0.5, 0.6) is 0 Å². The quantitative estimate of drug-likeness (QED) is 0.396. The minimum atomic E-state index is -1.41. The Hall–Kier alpha value is -0.240. The molecule has 1 aliphatic rings. The third-order valence-electron chi connectivity index (χ3n) is 3.64. The van der Waals surface area contributed by atoms with E-state index in [0.717, 1.165) is 12.8 Å². The molecule has 21 heavy (non-hydrogen) atoms. The van der Waals surface area contributed by atoms with E-state index in [4.69, 9.17) is 14.2 Å². The second kappa shape index (κ2) is 11.3. The smallest absolute Gasteiger partial charge is 0.186 e. The van der Waals surface area contributed by atoms with Crippen molar-refractivity contribution in [3.8, 4) is 0 Å². The Labute approximate surface area is 127 Å². The summed E-state index contributed by atoms with van der Waals surface area (Å²) in [4.78, 5) is 0. The van der Waals surface area contributed by atoms with Gasteiger partial charge in [0.15, 0.2) is 12.6 Å². The van der Waals surface area contributed by atoms with Gasteiger partial charge in [0.1, 0.15) is 12.9 Å². The van der Waals surface area contributed by atoms with Crippen molar-refractivity contribution in [2.75, 3.05) is 13.4 Å². The Morgan fingerprint density at radius 1 is 1.00 bits per heavy atom. The summed E-state index contributed by atoms with van der Waals surface area (Å²) < 4.78 is 15.6. The molecule has 1 aliphatic heterocycles. The molecule has 3 N–H and O–H groups in total. The van der Waals surface area contributed by atoms with Gasteiger partial charge in [0.2, 0.25) is 0 Å². The summed E-state index contributed by atoms with van der Waals surface area (Å²) in [5.74, 6) is 0.